The third-order valence-electron chi connectivity index (χ3n) is 1.63. The van der Waals surface area contributed by atoms with Gasteiger partial charge < -0.3 is 0 Å². The first kappa shape index (κ1) is 10.2. The van der Waals surface area contributed by atoms with E-state index in [-0.39, 0.29) is 0 Å². The molecule has 12 heavy (non-hydrogen) atoms. The van der Waals surface area contributed by atoms with Crippen molar-refractivity contribution in [2.45, 2.75) is 6.42 Å². The van der Waals surface area contributed by atoms with Crippen LogP contribution in [0.4, 0.5) is 0 Å². The number of allylic oxidation sites excluding steroid dienone is 1. The zero-order chi connectivity index (χ0) is 8.97. The third-order valence-corrected chi connectivity index (χ3v) is 5.31. The fourth-order valence-electron chi connectivity index (χ4n) is 0.969. The zero-order valence-corrected chi connectivity index (χ0v) is 12.0. The lowest BCUT2D eigenvalue weighted by atomic mass is 10.1. The Labute approximate surface area is 92.7 Å². The van der Waals surface area contributed by atoms with Gasteiger partial charge in [-0.25, -0.2) is 0 Å². The highest BCUT2D eigenvalue weighted by Crippen LogP contribution is 2.19. The molecule has 0 spiro atoms. The van der Waals surface area contributed by atoms with E-state index in [1.165, 1.54) is 10.8 Å². The Morgan fingerprint density at radius 3 is 2.25 bits per heavy atom. The van der Waals surface area contributed by atoms with Crippen LogP contribution in [-0.4, -0.2) is 10.2 Å². The van der Waals surface area contributed by atoms with Gasteiger partial charge in [-0.15, -0.1) is 0 Å². The second kappa shape index (κ2) is 4.99. The maximum atomic E-state index is 3.43. The molecule has 0 N–H and O–H groups in total. The summed E-state index contributed by atoms with van der Waals surface area (Å²) >= 11 is 6.86. The molecule has 0 atom stereocenters. The van der Waals surface area contributed by atoms with Crippen LogP contribution in [0.15, 0.2) is 38.9 Å². The Morgan fingerprint density at radius 1 is 1.17 bits per heavy atom. The van der Waals surface area contributed by atoms with Gasteiger partial charge in [-0.3, -0.25) is 0 Å². The van der Waals surface area contributed by atoms with Crippen molar-refractivity contribution in [3.8, 4) is 0 Å². The zero-order valence-electron chi connectivity index (χ0n) is 6.85. The second-order valence-electron chi connectivity index (χ2n) is 2.70. The summed E-state index contributed by atoms with van der Waals surface area (Å²) in [4.78, 5) is 0. The van der Waals surface area contributed by atoms with Gasteiger partial charge in [-0.1, -0.05) is 35.5 Å². The summed E-state index contributed by atoms with van der Waals surface area (Å²) in [5.74, 6) is 0. The molecule has 0 bridgehead atoms. The number of halogens is 2. The minimum atomic E-state index is 1.05. The lowest BCUT2D eigenvalue weighted by molar-refractivity contribution is 1.25. The summed E-state index contributed by atoms with van der Waals surface area (Å²) in [5, 5.41) is 1.45. The van der Waals surface area contributed by atoms with Crippen LogP contribution in [0.25, 0.3) is 0 Å². The van der Waals surface area contributed by atoms with Gasteiger partial charge in [0, 0.05) is 10.2 Å². The van der Waals surface area contributed by atoms with Crippen LogP contribution in [0.2, 0.25) is 0 Å². The van der Waals surface area contributed by atoms with Crippen molar-refractivity contribution in [2.24, 2.45) is 0 Å². The average Bonchev–Trinajstić information content (AvgIpc) is 2.06. The molecule has 0 aliphatic carbocycles. The molecule has 0 saturated heterocycles. The standard InChI is InChI=1S/C9H10Br2Si/c10-9(11)8(12)6-7-4-2-1-3-5-7/h1-5H,6H2,12H3. The number of rotatable bonds is 2. The van der Waals surface area contributed by atoms with E-state index in [0.29, 0.717) is 0 Å². The van der Waals surface area contributed by atoms with Gasteiger partial charge >= 0.3 is 0 Å². The van der Waals surface area contributed by atoms with E-state index in [0.717, 1.165) is 20.1 Å². The predicted molar refractivity (Wildman–Crippen MR) is 65.0 cm³/mol. The highest BCUT2D eigenvalue weighted by molar-refractivity contribution is 9.28. The van der Waals surface area contributed by atoms with Gasteiger partial charge in [0.1, 0.15) is 0 Å². The average molecular weight is 306 g/mol. The summed E-state index contributed by atoms with van der Waals surface area (Å²) in [6.07, 6.45) is 1.05. The summed E-state index contributed by atoms with van der Waals surface area (Å²) < 4.78 is 1.12. The van der Waals surface area contributed by atoms with Gasteiger partial charge in [-0.2, -0.15) is 0 Å². The maximum Gasteiger partial charge on any atom is 0.0551 e. The SMILES string of the molecule is [SiH3]C(Cc1ccccc1)=C(Br)Br. The summed E-state index contributed by atoms with van der Waals surface area (Å²) in [7, 11) is 1.09. The van der Waals surface area contributed by atoms with Gasteiger partial charge in [0.15, 0.2) is 0 Å². The van der Waals surface area contributed by atoms with Crippen molar-refractivity contribution in [1.29, 1.82) is 0 Å². The molecule has 0 fully saturated rings. The van der Waals surface area contributed by atoms with Crippen molar-refractivity contribution >= 4 is 42.1 Å². The molecule has 64 valence electrons. The van der Waals surface area contributed by atoms with E-state index < -0.39 is 0 Å². The van der Waals surface area contributed by atoms with Crippen LogP contribution in [0, 0.1) is 0 Å². The quantitative estimate of drug-likeness (QED) is 0.737. The lowest BCUT2D eigenvalue weighted by Gasteiger charge is -2.01. The number of hydrogen-bond donors (Lipinski definition) is 0. The molecule has 0 radical (unpaired) electrons. The van der Waals surface area contributed by atoms with Crippen LogP contribution in [-0.2, 0) is 6.42 Å². The Kier molecular flexibility index (Phi) is 4.25. The highest BCUT2D eigenvalue weighted by atomic mass is 79.9. The molecule has 1 aromatic carbocycles. The summed E-state index contributed by atoms with van der Waals surface area (Å²) in [6, 6.07) is 10.5. The molecule has 0 nitrogen and oxygen atoms in total. The van der Waals surface area contributed by atoms with E-state index in [2.05, 4.69) is 56.1 Å². The van der Waals surface area contributed by atoms with E-state index >= 15 is 0 Å². The third kappa shape index (κ3) is 3.25. The van der Waals surface area contributed by atoms with Crippen molar-refractivity contribution in [1.82, 2.24) is 0 Å². The van der Waals surface area contributed by atoms with Gasteiger partial charge in [-0.05, 0) is 43.8 Å². The first-order valence-corrected chi connectivity index (χ1v) is 6.33. The topological polar surface area (TPSA) is 0 Å². The van der Waals surface area contributed by atoms with E-state index in [4.69, 9.17) is 0 Å². The Hall–Kier alpha value is 0.137. The van der Waals surface area contributed by atoms with Crippen LogP contribution in [0.1, 0.15) is 5.56 Å². The fourth-order valence-corrected chi connectivity index (χ4v) is 1.66. The van der Waals surface area contributed by atoms with Crippen LogP contribution >= 0.6 is 31.9 Å². The molecule has 1 rings (SSSR count). The van der Waals surface area contributed by atoms with Crippen LogP contribution in [0.5, 0.6) is 0 Å². The number of hydrogen-bond acceptors (Lipinski definition) is 0. The molecular formula is C9H10Br2Si. The Bertz CT molecular complexity index is 276. The molecule has 1 aromatic rings. The fraction of sp³-hybridized carbons (Fsp3) is 0.111. The second-order valence-corrected chi connectivity index (χ2v) is 6.56. The molecule has 3 heteroatoms. The van der Waals surface area contributed by atoms with Crippen molar-refractivity contribution in [2.75, 3.05) is 0 Å². The van der Waals surface area contributed by atoms with E-state index in [1.807, 2.05) is 6.07 Å². The molecule has 0 aliphatic rings. The molecule has 0 heterocycles. The number of benzene rings is 1. The van der Waals surface area contributed by atoms with Crippen molar-refractivity contribution in [3.05, 3.63) is 44.5 Å². The minimum Gasteiger partial charge on any atom is -0.0667 e. The van der Waals surface area contributed by atoms with Crippen molar-refractivity contribution < 1.29 is 0 Å². The lowest BCUT2D eigenvalue weighted by Crippen LogP contribution is -1.89. The van der Waals surface area contributed by atoms with E-state index in [9.17, 15) is 0 Å². The molecule has 0 aromatic heterocycles. The Morgan fingerprint density at radius 2 is 1.75 bits per heavy atom. The molecule has 0 saturated carbocycles. The predicted octanol–water partition coefficient (Wildman–Crippen LogP) is 2.55. The van der Waals surface area contributed by atoms with Crippen LogP contribution < -0.4 is 0 Å². The molecule has 0 aliphatic heterocycles. The smallest absolute Gasteiger partial charge is 0.0551 e. The largest absolute Gasteiger partial charge is 0.0667 e. The van der Waals surface area contributed by atoms with Gasteiger partial charge in [0.25, 0.3) is 0 Å². The maximum absolute atomic E-state index is 3.43. The van der Waals surface area contributed by atoms with Gasteiger partial charge in [0.2, 0.25) is 0 Å². The molecule has 0 amide bonds. The molecular weight excluding hydrogens is 296 g/mol. The summed E-state index contributed by atoms with van der Waals surface area (Å²) in [6.45, 7) is 0. The first-order valence-electron chi connectivity index (χ1n) is 3.75. The van der Waals surface area contributed by atoms with E-state index in [1.54, 1.807) is 0 Å². The van der Waals surface area contributed by atoms with Crippen LogP contribution in [0.3, 0.4) is 0 Å². The normalized spacial score (nSPS) is 9.83. The monoisotopic (exact) mass is 304 g/mol. The summed E-state index contributed by atoms with van der Waals surface area (Å²) in [5.41, 5.74) is 1.37. The highest BCUT2D eigenvalue weighted by Gasteiger charge is 1.96. The van der Waals surface area contributed by atoms with Crippen molar-refractivity contribution in [3.63, 3.8) is 0 Å². The molecule has 0 unspecified atom stereocenters. The Balaban J connectivity index is 2.72. The van der Waals surface area contributed by atoms with Gasteiger partial charge in [0.05, 0.1) is 3.39 Å². The minimum absolute atomic E-state index is 1.05. The first-order chi connectivity index (χ1) is 5.70.